The molecule has 0 fully saturated rings. The number of sulfonamides is 1. The molecule has 1 aromatic heterocycles. The first kappa shape index (κ1) is 18.8. The van der Waals surface area contributed by atoms with Crippen LogP contribution in [0.4, 0.5) is 21.6 Å². The van der Waals surface area contributed by atoms with Crippen molar-refractivity contribution in [3.05, 3.63) is 77.7 Å². The zero-order valence-corrected chi connectivity index (χ0v) is 15.8. The van der Waals surface area contributed by atoms with E-state index in [0.29, 0.717) is 17.1 Å². The maximum atomic E-state index is 13.2. The van der Waals surface area contributed by atoms with Crippen molar-refractivity contribution in [3.63, 3.8) is 0 Å². The summed E-state index contributed by atoms with van der Waals surface area (Å²) in [6.07, 6.45) is 2.40. The van der Waals surface area contributed by atoms with Crippen LogP contribution in [-0.4, -0.2) is 13.4 Å². The van der Waals surface area contributed by atoms with Crippen LogP contribution < -0.4 is 10.0 Å². The Labute approximate surface area is 158 Å². The Morgan fingerprint density at radius 1 is 1.00 bits per heavy atom. The van der Waals surface area contributed by atoms with Gasteiger partial charge in [-0.15, -0.1) is 0 Å². The van der Waals surface area contributed by atoms with E-state index in [1.54, 1.807) is 19.1 Å². The van der Waals surface area contributed by atoms with Gasteiger partial charge in [0, 0.05) is 5.69 Å². The van der Waals surface area contributed by atoms with E-state index in [2.05, 4.69) is 21.9 Å². The smallest absolute Gasteiger partial charge is 0.262 e. The van der Waals surface area contributed by atoms with E-state index in [-0.39, 0.29) is 4.90 Å². The second kappa shape index (κ2) is 7.75. The van der Waals surface area contributed by atoms with Crippen LogP contribution in [0.3, 0.4) is 0 Å². The predicted molar refractivity (Wildman–Crippen MR) is 105 cm³/mol. The molecule has 0 atom stereocenters. The molecule has 0 bridgehead atoms. The minimum Gasteiger partial charge on any atom is -0.340 e. The van der Waals surface area contributed by atoms with E-state index in [4.69, 9.17) is 0 Å². The van der Waals surface area contributed by atoms with E-state index >= 15 is 0 Å². The quantitative estimate of drug-likeness (QED) is 0.649. The molecule has 0 aliphatic heterocycles. The first-order valence-electron chi connectivity index (χ1n) is 8.48. The third kappa shape index (κ3) is 4.62. The lowest BCUT2D eigenvalue weighted by Gasteiger charge is -2.11. The number of nitrogens with one attached hydrogen (secondary N) is 2. The molecule has 0 radical (unpaired) electrons. The normalized spacial score (nSPS) is 11.2. The minimum absolute atomic E-state index is 0.0297. The zero-order valence-electron chi connectivity index (χ0n) is 15.0. The van der Waals surface area contributed by atoms with Gasteiger partial charge < -0.3 is 5.32 Å². The van der Waals surface area contributed by atoms with Crippen molar-refractivity contribution in [3.8, 4) is 0 Å². The number of halogens is 1. The number of aromatic nitrogens is 1. The van der Waals surface area contributed by atoms with E-state index < -0.39 is 15.8 Å². The van der Waals surface area contributed by atoms with Crippen LogP contribution in [0.5, 0.6) is 0 Å². The van der Waals surface area contributed by atoms with Gasteiger partial charge in [-0.25, -0.2) is 17.8 Å². The topological polar surface area (TPSA) is 71.1 Å². The molecule has 0 unspecified atom stereocenters. The fraction of sp³-hybridized carbons (Fsp3) is 0.150. The van der Waals surface area contributed by atoms with Crippen LogP contribution in [0.2, 0.25) is 0 Å². The lowest BCUT2D eigenvalue weighted by Crippen LogP contribution is -2.14. The maximum absolute atomic E-state index is 13.2. The second-order valence-electron chi connectivity index (χ2n) is 6.12. The van der Waals surface area contributed by atoms with Gasteiger partial charge in [0.05, 0.1) is 16.8 Å². The largest absolute Gasteiger partial charge is 0.340 e. The van der Waals surface area contributed by atoms with Crippen LogP contribution in [0.25, 0.3) is 0 Å². The van der Waals surface area contributed by atoms with Crippen LogP contribution in [0.1, 0.15) is 18.1 Å². The predicted octanol–water partition coefficient (Wildman–Crippen LogP) is 4.64. The van der Waals surface area contributed by atoms with Crippen molar-refractivity contribution in [2.75, 3.05) is 10.0 Å². The fourth-order valence-corrected chi connectivity index (χ4v) is 3.90. The number of nitrogens with zero attached hydrogens (tertiary/aromatic N) is 1. The van der Waals surface area contributed by atoms with Gasteiger partial charge >= 0.3 is 0 Å². The summed E-state index contributed by atoms with van der Waals surface area (Å²) in [5.74, 6) is 0.121. The summed E-state index contributed by atoms with van der Waals surface area (Å²) in [4.78, 5) is 4.26. The minimum atomic E-state index is -3.82. The zero-order chi connectivity index (χ0) is 19.4. The molecule has 0 amide bonds. The summed E-state index contributed by atoms with van der Waals surface area (Å²) in [6, 6.07) is 14.9. The molecule has 2 aromatic carbocycles. The fourth-order valence-electron chi connectivity index (χ4n) is 2.62. The molecular formula is C20H20FN3O2S. The van der Waals surface area contributed by atoms with Gasteiger partial charge in [0.1, 0.15) is 11.6 Å². The van der Waals surface area contributed by atoms with Crippen LogP contribution in [0, 0.1) is 12.7 Å². The summed E-state index contributed by atoms with van der Waals surface area (Å²) < 4.78 is 40.6. The van der Waals surface area contributed by atoms with Crippen LogP contribution in [-0.2, 0) is 16.4 Å². The Morgan fingerprint density at radius 3 is 2.30 bits per heavy atom. The lowest BCUT2D eigenvalue weighted by molar-refractivity contribution is 0.598. The highest BCUT2D eigenvalue weighted by Crippen LogP contribution is 2.21. The average Bonchev–Trinajstić information content (AvgIpc) is 2.63. The van der Waals surface area contributed by atoms with Crippen LogP contribution >= 0.6 is 0 Å². The highest BCUT2D eigenvalue weighted by Gasteiger charge is 2.17. The highest BCUT2D eigenvalue weighted by atomic mass is 32.2. The van der Waals surface area contributed by atoms with E-state index in [1.165, 1.54) is 23.9 Å². The number of rotatable bonds is 6. The molecule has 2 N–H and O–H groups in total. The third-order valence-electron chi connectivity index (χ3n) is 4.08. The van der Waals surface area contributed by atoms with Crippen LogP contribution in [0.15, 0.2) is 65.7 Å². The number of aryl methyl sites for hydroxylation is 2. The summed E-state index contributed by atoms with van der Waals surface area (Å²) in [7, 11) is -3.82. The summed E-state index contributed by atoms with van der Waals surface area (Å²) in [6.45, 7) is 3.64. The van der Waals surface area contributed by atoms with E-state index in [0.717, 1.165) is 18.2 Å². The Bertz CT molecular complexity index is 1030. The summed E-state index contributed by atoms with van der Waals surface area (Å²) in [5, 5.41) is 3.16. The van der Waals surface area contributed by atoms with Crippen molar-refractivity contribution < 1.29 is 12.8 Å². The SMILES string of the molecule is CCc1ccc(Nc2ccc(NS(=O)(=O)c3ccc(F)cc3C)cn2)cc1. The first-order chi connectivity index (χ1) is 12.9. The molecule has 5 nitrogen and oxygen atoms in total. The Morgan fingerprint density at radius 2 is 1.70 bits per heavy atom. The number of anilines is 3. The molecule has 140 valence electrons. The van der Waals surface area contributed by atoms with Crippen molar-refractivity contribution in [1.82, 2.24) is 4.98 Å². The third-order valence-corrected chi connectivity index (χ3v) is 5.62. The second-order valence-corrected chi connectivity index (χ2v) is 7.77. The van der Waals surface area contributed by atoms with Gasteiger partial charge in [-0.3, -0.25) is 4.72 Å². The van der Waals surface area contributed by atoms with Gasteiger partial charge in [-0.2, -0.15) is 0 Å². The molecule has 0 aliphatic rings. The summed E-state index contributed by atoms with van der Waals surface area (Å²) in [5.41, 5.74) is 2.80. The Kier molecular flexibility index (Phi) is 5.41. The van der Waals surface area contributed by atoms with E-state index in [9.17, 15) is 12.8 Å². The maximum Gasteiger partial charge on any atom is 0.262 e. The van der Waals surface area contributed by atoms with Gasteiger partial charge in [-0.1, -0.05) is 19.1 Å². The van der Waals surface area contributed by atoms with Gasteiger partial charge in [0.15, 0.2) is 0 Å². The molecule has 0 aliphatic carbocycles. The highest BCUT2D eigenvalue weighted by molar-refractivity contribution is 7.92. The number of hydrogen-bond acceptors (Lipinski definition) is 4. The van der Waals surface area contributed by atoms with Crippen molar-refractivity contribution in [1.29, 1.82) is 0 Å². The van der Waals surface area contributed by atoms with E-state index in [1.807, 2.05) is 24.3 Å². The van der Waals surface area contributed by atoms with Crippen molar-refractivity contribution >= 4 is 27.2 Å². The molecule has 0 saturated heterocycles. The Hall–Kier alpha value is -2.93. The lowest BCUT2D eigenvalue weighted by atomic mass is 10.1. The molecule has 7 heteroatoms. The molecule has 3 aromatic rings. The number of benzene rings is 2. The van der Waals surface area contributed by atoms with Crippen molar-refractivity contribution in [2.24, 2.45) is 0 Å². The number of hydrogen-bond donors (Lipinski definition) is 2. The molecule has 1 heterocycles. The average molecular weight is 385 g/mol. The van der Waals surface area contributed by atoms with Gasteiger partial charge in [0.25, 0.3) is 10.0 Å². The molecule has 27 heavy (non-hydrogen) atoms. The molecule has 0 spiro atoms. The van der Waals surface area contributed by atoms with Gasteiger partial charge in [0.2, 0.25) is 0 Å². The monoisotopic (exact) mass is 385 g/mol. The molecule has 3 rings (SSSR count). The molecular weight excluding hydrogens is 365 g/mol. The molecule has 0 saturated carbocycles. The Balaban J connectivity index is 1.73. The van der Waals surface area contributed by atoms with Gasteiger partial charge in [-0.05, 0) is 66.9 Å². The number of pyridine rings is 1. The summed E-state index contributed by atoms with van der Waals surface area (Å²) >= 11 is 0. The first-order valence-corrected chi connectivity index (χ1v) is 9.96. The van der Waals surface area contributed by atoms with Crippen molar-refractivity contribution in [2.45, 2.75) is 25.2 Å². The standard InChI is InChI=1S/C20H20FN3O2S/c1-3-15-4-7-17(8-5-15)23-20-11-9-18(13-22-20)24-27(25,26)19-10-6-16(21)12-14(19)2/h4-13,24H,3H2,1-2H3,(H,22,23).